The molecule has 0 aliphatic carbocycles. The number of urea groups is 1. The number of aromatic nitrogens is 1. The highest BCUT2D eigenvalue weighted by Gasteiger charge is 2.20. The lowest BCUT2D eigenvalue weighted by Crippen LogP contribution is -2.35. The van der Waals surface area contributed by atoms with Crippen molar-refractivity contribution in [3.63, 3.8) is 0 Å². The van der Waals surface area contributed by atoms with Crippen LogP contribution in [0.2, 0.25) is 0 Å². The molecule has 3 rings (SSSR count). The molecule has 0 fully saturated rings. The number of anilines is 1. The molecule has 9 heteroatoms. The first-order chi connectivity index (χ1) is 13.8. The number of aromatic hydroxyl groups is 1. The molecule has 0 aliphatic rings. The molecular formula is C20H19N3O5S. The summed E-state index contributed by atoms with van der Waals surface area (Å²) in [6.07, 6.45) is 1.02. The summed E-state index contributed by atoms with van der Waals surface area (Å²) < 4.78 is 1.20. The lowest BCUT2D eigenvalue weighted by Gasteiger charge is -2.19. The van der Waals surface area contributed by atoms with Crippen molar-refractivity contribution in [2.24, 2.45) is 7.05 Å². The van der Waals surface area contributed by atoms with Gasteiger partial charge in [-0.1, -0.05) is 24.3 Å². The summed E-state index contributed by atoms with van der Waals surface area (Å²) in [6, 6.07) is 10.7. The quantitative estimate of drug-likeness (QED) is 0.495. The first-order valence-electron chi connectivity index (χ1n) is 8.67. The largest absolute Gasteiger partial charge is 0.505 e. The van der Waals surface area contributed by atoms with Gasteiger partial charge in [-0.2, -0.15) is 0 Å². The van der Waals surface area contributed by atoms with E-state index in [4.69, 9.17) is 0 Å². The lowest BCUT2D eigenvalue weighted by molar-refractivity contribution is -0.137. The Labute approximate surface area is 170 Å². The van der Waals surface area contributed by atoms with Crippen LogP contribution in [-0.4, -0.2) is 26.8 Å². The molecule has 4 N–H and O–H groups in total. The number of rotatable bonds is 6. The van der Waals surface area contributed by atoms with Crippen LogP contribution in [0.25, 0.3) is 10.4 Å². The number of carboxylic acids is 1. The number of carboxylic acid groups (broad SMARTS) is 1. The highest BCUT2D eigenvalue weighted by molar-refractivity contribution is 7.13. The molecule has 0 bridgehead atoms. The maximum Gasteiger partial charge on any atom is 0.319 e. The Hall–Kier alpha value is -3.59. The number of nitrogens with zero attached hydrogens (tertiary/aromatic N) is 1. The molecule has 150 valence electrons. The van der Waals surface area contributed by atoms with Gasteiger partial charge in [0.2, 0.25) is 0 Å². The summed E-state index contributed by atoms with van der Waals surface area (Å²) in [5.74, 6) is -1.46. The minimum Gasteiger partial charge on any atom is -0.505 e. The Kier molecular flexibility index (Phi) is 5.99. The summed E-state index contributed by atoms with van der Waals surface area (Å²) in [7, 11) is 1.48. The molecule has 2 heterocycles. The summed E-state index contributed by atoms with van der Waals surface area (Å²) in [6.45, 7) is 0. The maximum absolute atomic E-state index is 12.4. The molecule has 2 aromatic heterocycles. The zero-order valence-electron chi connectivity index (χ0n) is 15.5. The van der Waals surface area contributed by atoms with Crippen LogP contribution in [0.4, 0.5) is 10.5 Å². The van der Waals surface area contributed by atoms with Gasteiger partial charge in [-0.05, 0) is 34.7 Å². The van der Waals surface area contributed by atoms with Gasteiger partial charge in [0, 0.05) is 18.1 Å². The third-order valence-corrected chi connectivity index (χ3v) is 5.18. The van der Waals surface area contributed by atoms with E-state index in [0.29, 0.717) is 5.56 Å². The van der Waals surface area contributed by atoms with E-state index in [0.717, 1.165) is 10.4 Å². The van der Waals surface area contributed by atoms with Gasteiger partial charge in [0.25, 0.3) is 5.56 Å². The summed E-state index contributed by atoms with van der Waals surface area (Å²) in [5.41, 5.74) is 0.645. The van der Waals surface area contributed by atoms with Crippen LogP contribution in [0, 0.1) is 0 Å². The van der Waals surface area contributed by atoms with Crippen LogP contribution in [0.15, 0.2) is 58.8 Å². The number of nitrogens with one attached hydrogen (secondary N) is 2. The van der Waals surface area contributed by atoms with E-state index in [1.807, 2.05) is 29.6 Å². The van der Waals surface area contributed by atoms with Crippen molar-refractivity contribution in [3.8, 4) is 16.2 Å². The predicted molar refractivity (Wildman–Crippen MR) is 110 cm³/mol. The summed E-state index contributed by atoms with van der Waals surface area (Å²) in [4.78, 5) is 36.9. The molecule has 1 aromatic carbocycles. The predicted octanol–water partition coefficient (Wildman–Crippen LogP) is 3.16. The normalized spacial score (nSPS) is 11.6. The van der Waals surface area contributed by atoms with Crippen LogP contribution < -0.4 is 16.2 Å². The van der Waals surface area contributed by atoms with Crippen LogP contribution in [-0.2, 0) is 11.8 Å². The SMILES string of the molecule is Cn1ccc(O)c(NC(=O)N[C@@H](CC(=O)O)c2cccc(-c3cccs3)c2)c1=O. The minimum absolute atomic E-state index is 0.283. The smallest absolute Gasteiger partial charge is 0.319 e. The first kappa shape index (κ1) is 20.2. The fraction of sp³-hybridized carbons (Fsp3) is 0.150. The first-order valence-corrected chi connectivity index (χ1v) is 9.55. The molecule has 3 aromatic rings. The number of carbonyl (C=O) groups is 2. The van der Waals surface area contributed by atoms with Crippen molar-refractivity contribution in [1.29, 1.82) is 0 Å². The number of hydrogen-bond acceptors (Lipinski definition) is 5. The molecule has 0 aliphatic heterocycles. The molecule has 0 saturated carbocycles. The second kappa shape index (κ2) is 8.61. The van der Waals surface area contributed by atoms with Gasteiger partial charge < -0.3 is 25.4 Å². The average molecular weight is 413 g/mol. The van der Waals surface area contributed by atoms with Crippen molar-refractivity contribution in [2.45, 2.75) is 12.5 Å². The van der Waals surface area contributed by atoms with Crippen molar-refractivity contribution in [1.82, 2.24) is 9.88 Å². The van der Waals surface area contributed by atoms with Gasteiger partial charge >= 0.3 is 12.0 Å². The van der Waals surface area contributed by atoms with Crippen LogP contribution in [0.5, 0.6) is 5.75 Å². The van der Waals surface area contributed by atoms with Crippen LogP contribution >= 0.6 is 11.3 Å². The van der Waals surface area contributed by atoms with Gasteiger partial charge in [-0.25, -0.2) is 4.79 Å². The number of carbonyl (C=O) groups excluding carboxylic acids is 1. The minimum atomic E-state index is -1.09. The fourth-order valence-corrected chi connectivity index (χ4v) is 3.55. The standard InChI is InChI=1S/C20H19N3O5S/c1-23-8-7-15(24)18(19(23)27)22-20(28)21-14(11-17(25)26)12-4-2-5-13(10-12)16-6-3-9-29-16/h2-10,14,24H,11H2,1H3,(H,25,26)(H2,21,22,28)/t14-/m0/s1. The monoisotopic (exact) mass is 413 g/mol. The van der Waals surface area contributed by atoms with E-state index in [1.54, 1.807) is 23.5 Å². The zero-order valence-corrected chi connectivity index (χ0v) is 16.3. The van der Waals surface area contributed by atoms with E-state index in [9.17, 15) is 24.6 Å². The maximum atomic E-state index is 12.4. The number of aryl methyl sites for hydroxylation is 1. The highest BCUT2D eigenvalue weighted by atomic mass is 32.1. The molecule has 0 unspecified atom stereocenters. The van der Waals surface area contributed by atoms with E-state index < -0.39 is 23.6 Å². The molecule has 8 nitrogen and oxygen atoms in total. The summed E-state index contributed by atoms with van der Waals surface area (Å²) in [5, 5.41) is 25.9. The van der Waals surface area contributed by atoms with Crippen LogP contribution in [0.3, 0.4) is 0 Å². The molecular weight excluding hydrogens is 394 g/mol. The zero-order chi connectivity index (χ0) is 21.0. The topological polar surface area (TPSA) is 121 Å². The Morgan fingerprint density at radius 1 is 1.21 bits per heavy atom. The Morgan fingerprint density at radius 2 is 2.00 bits per heavy atom. The molecule has 0 saturated heterocycles. The third-order valence-electron chi connectivity index (χ3n) is 4.26. The van der Waals surface area contributed by atoms with Crippen molar-refractivity contribution < 1.29 is 19.8 Å². The van der Waals surface area contributed by atoms with E-state index in [2.05, 4.69) is 10.6 Å². The molecule has 0 radical (unpaired) electrons. The van der Waals surface area contributed by atoms with Gasteiger partial charge in [0.15, 0.2) is 5.69 Å². The van der Waals surface area contributed by atoms with Gasteiger partial charge in [-0.15, -0.1) is 11.3 Å². The summed E-state index contributed by atoms with van der Waals surface area (Å²) >= 11 is 1.55. The Balaban J connectivity index is 1.84. The number of aliphatic carboxylic acids is 1. The Bertz CT molecular complexity index is 1090. The highest BCUT2D eigenvalue weighted by Crippen LogP contribution is 2.28. The molecule has 29 heavy (non-hydrogen) atoms. The number of benzene rings is 1. The number of hydrogen-bond donors (Lipinski definition) is 4. The van der Waals surface area contributed by atoms with Crippen molar-refractivity contribution >= 4 is 29.0 Å². The number of pyridine rings is 1. The number of thiophene rings is 1. The molecule has 0 spiro atoms. The lowest BCUT2D eigenvalue weighted by atomic mass is 10.0. The van der Waals surface area contributed by atoms with Gasteiger partial charge in [0.1, 0.15) is 5.75 Å². The van der Waals surface area contributed by atoms with Gasteiger partial charge in [-0.3, -0.25) is 9.59 Å². The fourth-order valence-electron chi connectivity index (χ4n) is 2.82. The van der Waals surface area contributed by atoms with Crippen molar-refractivity contribution in [2.75, 3.05) is 5.32 Å². The van der Waals surface area contributed by atoms with E-state index in [1.165, 1.54) is 23.9 Å². The van der Waals surface area contributed by atoms with Gasteiger partial charge in [0.05, 0.1) is 12.5 Å². The van der Waals surface area contributed by atoms with Crippen molar-refractivity contribution in [3.05, 3.63) is 70.0 Å². The Morgan fingerprint density at radius 3 is 2.69 bits per heavy atom. The molecule has 1 atom stereocenters. The molecule has 2 amide bonds. The second-order valence-electron chi connectivity index (χ2n) is 6.34. The van der Waals surface area contributed by atoms with Crippen LogP contribution in [0.1, 0.15) is 18.0 Å². The van der Waals surface area contributed by atoms with E-state index in [-0.39, 0.29) is 17.9 Å². The third kappa shape index (κ3) is 4.82. The number of amides is 2. The van der Waals surface area contributed by atoms with E-state index >= 15 is 0 Å². The second-order valence-corrected chi connectivity index (χ2v) is 7.29. The average Bonchev–Trinajstić information content (AvgIpc) is 3.22.